The molecule has 0 aliphatic carbocycles. The molecular weight excluding hydrogens is 409 g/mol. The number of hydrogen-bond acceptors (Lipinski definition) is 5. The Hall–Kier alpha value is -3.10. The molecule has 1 fully saturated rings. The standard InChI is InChI=1S/C24H26FN5O2/c1-16-23(24(31)26-19-6-3-5-18(25)14-19)27-28-30(16)22-7-2-4-17-15-29(11-8-21(17)22)20-9-12-32-13-10-20/h2-7,14,20H,8-13,15H2,1H3,(H,26,31). The van der Waals surface area contributed by atoms with Crippen molar-refractivity contribution in [2.75, 3.05) is 25.1 Å². The van der Waals surface area contributed by atoms with E-state index in [1.54, 1.807) is 16.8 Å². The summed E-state index contributed by atoms with van der Waals surface area (Å²) >= 11 is 0. The van der Waals surface area contributed by atoms with Gasteiger partial charge < -0.3 is 10.1 Å². The molecule has 2 aliphatic heterocycles. The zero-order valence-electron chi connectivity index (χ0n) is 18.1. The number of fused-ring (bicyclic) bond motifs is 1. The number of benzene rings is 2. The van der Waals surface area contributed by atoms with Gasteiger partial charge in [-0.1, -0.05) is 23.4 Å². The van der Waals surface area contributed by atoms with E-state index in [0.29, 0.717) is 17.4 Å². The fraction of sp³-hybridized carbons (Fsp3) is 0.375. The molecule has 0 unspecified atom stereocenters. The SMILES string of the molecule is Cc1c(C(=O)Nc2cccc(F)c2)nnn1-c1cccc2c1CCN(C1CCOCC1)C2. The molecule has 0 spiro atoms. The number of amides is 1. The maximum atomic E-state index is 13.4. The largest absolute Gasteiger partial charge is 0.381 e. The maximum absolute atomic E-state index is 13.4. The minimum Gasteiger partial charge on any atom is -0.381 e. The minimum absolute atomic E-state index is 0.228. The fourth-order valence-corrected chi connectivity index (χ4v) is 4.70. The van der Waals surface area contributed by atoms with E-state index in [1.807, 2.05) is 19.1 Å². The van der Waals surface area contributed by atoms with Crippen molar-refractivity contribution in [3.05, 3.63) is 70.8 Å². The number of nitrogens with one attached hydrogen (secondary N) is 1. The molecule has 2 aromatic carbocycles. The first-order valence-corrected chi connectivity index (χ1v) is 11.0. The molecule has 0 radical (unpaired) electrons. The molecule has 0 bridgehead atoms. The molecule has 2 aliphatic rings. The maximum Gasteiger partial charge on any atom is 0.278 e. The topological polar surface area (TPSA) is 72.3 Å². The van der Waals surface area contributed by atoms with Crippen molar-refractivity contribution in [1.82, 2.24) is 19.9 Å². The third-order valence-corrected chi connectivity index (χ3v) is 6.40. The van der Waals surface area contributed by atoms with Gasteiger partial charge in [-0.25, -0.2) is 9.07 Å². The van der Waals surface area contributed by atoms with Crippen LogP contribution < -0.4 is 5.32 Å². The fourth-order valence-electron chi connectivity index (χ4n) is 4.70. The summed E-state index contributed by atoms with van der Waals surface area (Å²) in [5.41, 5.74) is 4.77. The Kier molecular flexibility index (Phi) is 5.71. The number of carbonyl (C=O) groups is 1. The Balaban J connectivity index is 1.38. The number of rotatable bonds is 4. The van der Waals surface area contributed by atoms with E-state index in [4.69, 9.17) is 4.74 Å². The number of nitrogens with zero attached hydrogens (tertiary/aromatic N) is 4. The summed E-state index contributed by atoms with van der Waals surface area (Å²) in [6.07, 6.45) is 3.09. The number of anilines is 1. The average Bonchev–Trinajstić information content (AvgIpc) is 3.20. The van der Waals surface area contributed by atoms with Gasteiger partial charge in [0.1, 0.15) is 5.82 Å². The predicted octanol–water partition coefficient (Wildman–Crippen LogP) is 3.50. The highest BCUT2D eigenvalue weighted by molar-refractivity contribution is 6.03. The van der Waals surface area contributed by atoms with Crippen molar-refractivity contribution in [3.8, 4) is 5.69 Å². The van der Waals surface area contributed by atoms with Gasteiger partial charge in [-0.3, -0.25) is 9.69 Å². The molecule has 3 aromatic rings. The van der Waals surface area contributed by atoms with Gasteiger partial charge in [0.15, 0.2) is 5.69 Å². The Bertz CT molecular complexity index is 1140. The Morgan fingerprint density at radius 1 is 1.19 bits per heavy atom. The van der Waals surface area contributed by atoms with E-state index in [-0.39, 0.29) is 5.69 Å². The van der Waals surface area contributed by atoms with Crippen LogP contribution in [0.2, 0.25) is 0 Å². The van der Waals surface area contributed by atoms with Crippen LogP contribution in [0.3, 0.4) is 0 Å². The van der Waals surface area contributed by atoms with Crippen molar-refractivity contribution in [2.24, 2.45) is 0 Å². The average molecular weight is 436 g/mol. The molecule has 1 amide bonds. The monoisotopic (exact) mass is 435 g/mol. The summed E-state index contributed by atoms with van der Waals surface area (Å²) in [4.78, 5) is 15.3. The van der Waals surface area contributed by atoms with Crippen molar-refractivity contribution in [2.45, 2.75) is 38.8 Å². The summed E-state index contributed by atoms with van der Waals surface area (Å²) < 4.78 is 20.7. The minimum atomic E-state index is -0.408. The highest BCUT2D eigenvalue weighted by Gasteiger charge is 2.27. The van der Waals surface area contributed by atoms with Crippen molar-refractivity contribution in [3.63, 3.8) is 0 Å². The zero-order chi connectivity index (χ0) is 22.1. The number of carbonyl (C=O) groups excluding carboxylic acids is 1. The molecule has 7 nitrogen and oxygen atoms in total. The van der Waals surface area contributed by atoms with Crippen molar-refractivity contribution < 1.29 is 13.9 Å². The highest BCUT2D eigenvalue weighted by atomic mass is 19.1. The van der Waals surface area contributed by atoms with Crippen LogP contribution in [0.15, 0.2) is 42.5 Å². The van der Waals surface area contributed by atoms with Crippen LogP contribution in [0.1, 0.15) is 40.2 Å². The Morgan fingerprint density at radius 2 is 2.00 bits per heavy atom. The highest BCUT2D eigenvalue weighted by Crippen LogP contribution is 2.29. The number of aromatic nitrogens is 3. The third kappa shape index (κ3) is 4.03. The molecule has 0 saturated carbocycles. The van der Waals surface area contributed by atoms with Crippen LogP contribution in [0.25, 0.3) is 5.69 Å². The van der Waals surface area contributed by atoms with Gasteiger partial charge >= 0.3 is 0 Å². The molecular formula is C24H26FN5O2. The van der Waals surface area contributed by atoms with E-state index in [0.717, 1.165) is 51.3 Å². The van der Waals surface area contributed by atoms with Crippen LogP contribution in [0.5, 0.6) is 0 Å². The van der Waals surface area contributed by atoms with Gasteiger partial charge in [-0.2, -0.15) is 0 Å². The second-order valence-corrected chi connectivity index (χ2v) is 8.38. The first-order chi connectivity index (χ1) is 15.6. The molecule has 32 heavy (non-hydrogen) atoms. The molecule has 166 valence electrons. The molecule has 8 heteroatoms. The molecule has 3 heterocycles. The summed E-state index contributed by atoms with van der Waals surface area (Å²) in [5, 5.41) is 11.1. The molecule has 5 rings (SSSR count). The quantitative estimate of drug-likeness (QED) is 0.679. The number of ether oxygens (including phenoxy) is 1. The lowest BCUT2D eigenvalue weighted by Crippen LogP contribution is -2.42. The van der Waals surface area contributed by atoms with Gasteiger partial charge in [0.2, 0.25) is 0 Å². The lowest BCUT2D eigenvalue weighted by molar-refractivity contribution is 0.0290. The van der Waals surface area contributed by atoms with Crippen LogP contribution in [0, 0.1) is 12.7 Å². The van der Waals surface area contributed by atoms with E-state index < -0.39 is 11.7 Å². The van der Waals surface area contributed by atoms with Crippen LogP contribution in [-0.4, -0.2) is 51.6 Å². The predicted molar refractivity (Wildman–Crippen MR) is 118 cm³/mol. The van der Waals surface area contributed by atoms with E-state index in [1.165, 1.54) is 23.3 Å². The molecule has 1 N–H and O–H groups in total. The Labute approximate surface area is 186 Å². The molecule has 1 aromatic heterocycles. The normalized spacial score (nSPS) is 17.2. The number of halogens is 1. The third-order valence-electron chi connectivity index (χ3n) is 6.40. The van der Waals surface area contributed by atoms with Gasteiger partial charge in [-0.15, -0.1) is 5.10 Å². The lowest BCUT2D eigenvalue weighted by atomic mass is 9.95. The van der Waals surface area contributed by atoms with Crippen LogP contribution in [0.4, 0.5) is 10.1 Å². The van der Waals surface area contributed by atoms with Gasteiger partial charge in [0.25, 0.3) is 5.91 Å². The van der Waals surface area contributed by atoms with Crippen molar-refractivity contribution in [1.29, 1.82) is 0 Å². The number of hydrogen-bond donors (Lipinski definition) is 1. The molecule has 0 atom stereocenters. The van der Waals surface area contributed by atoms with E-state index in [9.17, 15) is 9.18 Å². The summed E-state index contributed by atoms with van der Waals surface area (Å²) in [6.45, 7) is 5.42. The summed E-state index contributed by atoms with van der Waals surface area (Å²) in [7, 11) is 0. The second-order valence-electron chi connectivity index (χ2n) is 8.38. The second kappa shape index (κ2) is 8.80. The van der Waals surface area contributed by atoms with Crippen LogP contribution in [-0.2, 0) is 17.7 Å². The first-order valence-electron chi connectivity index (χ1n) is 11.0. The molecule has 1 saturated heterocycles. The Morgan fingerprint density at radius 3 is 2.81 bits per heavy atom. The summed E-state index contributed by atoms with van der Waals surface area (Å²) in [5.74, 6) is -0.816. The van der Waals surface area contributed by atoms with Gasteiger partial charge in [-0.05, 0) is 61.6 Å². The summed E-state index contributed by atoms with van der Waals surface area (Å²) in [6, 6.07) is 12.6. The van der Waals surface area contributed by atoms with Crippen LogP contribution >= 0.6 is 0 Å². The van der Waals surface area contributed by atoms with Gasteiger partial charge in [0.05, 0.1) is 11.4 Å². The zero-order valence-corrected chi connectivity index (χ0v) is 18.1. The van der Waals surface area contributed by atoms with Crippen molar-refractivity contribution >= 4 is 11.6 Å². The van der Waals surface area contributed by atoms with E-state index in [2.05, 4.69) is 26.6 Å². The lowest BCUT2D eigenvalue weighted by Gasteiger charge is -2.38. The smallest absolute Gasteiger partial charge is 0.278 e. The van der Waals surface area contributed by atoms with E-state index >= 15 is 0 Å². The van der Waals surface area contributed by atoms with Gasteiger partial charge in [0, 0.05) is 38.0 Å². The first kappa shape index (κ1) is 20.8.